The predicted octanol–water partition coefficient (Wildman–Crippen LogP) is 6.62. The number of halogens is 3. The van der Waals surface area contributed by atoms with Crippen LogP contribution in [0.4, 0.5) is 13.2 Å². The van der Waals surface area contributed by atoms with Crippen molar-refractivity contribution in [2.24, 2.45) is 0 Å². The summed E-state index contributed by atoms with van der Waals surface area (Å²) >= 11 is 0. The lowest BCUT2D eigenvalue weighted by Crippen LogP contribution is -2.31. The van der Waals surface area contributed by atoms with Gasteiger partial charge in [-0.2, -0.15) is 13.2 Å². The van der Waals surface area contributed by atoms with E-state index in [1.165, 1.54) is 38.5 Å². The van der Waals surface area contributed by atoms with E-state index < -0.39 is 12.6 Å². The van der Waals surface area contributed by atoms with Gasteiger partial charge in [0.05, 0.1) is 25.9 Å². The van der Waals surface area contributed by atoms with Crippen LogP contribution in [0.5, 0.6) is 5.75 Å². The van der Waals surface area contributed by atoms with E-state index in [1.54, 1.807) is 12.1 Å². The van der Waals surface area contributed by atoms with E-state index in [0.717, 1.165) is 12.0 Å². The molecule has 0 bridgehead atoms. The smallest absolute Gasteiger partial charge is 0.389 e. The fraction of sp³-hybridized carbons (Fsp3) is 0.727. The van der Waals surface area contributed by atoms with E-state index >= 15 is 0 Å². The average Bonchev–Trinajstić information content (AvgIpc) is 2.68. The average molecular weight is 402 g/mol. The van der Waals surface area contributed by atoms with E-state index in [2.05, 4.69) is 6.92 Å². The third kappa shape index (κ3) is 9.28. The number of benzene rings is 1. The Balaban J connectivity index is 1.61. The molecule has 1 aromatic rings. The Morgan fingerprint density at radius 3 is 2.29 bits per heavy atom. The first-order valence-electron chi connectivity index (χ1n) is 10.5. The highest BCUT2D eigenvalue weighted by Crippen LogP contribution is 2.27. The summed E-state index contributed by atoms with van der Waals surface area (Å²) in [5, 5.41) is 0. The fourth-order valence-corrected chi connectivity index (χ4v) is 3.30. The Morgan fingerprint density at radius 1 is 0.929 bits per heavy atom. The summed E-state index contributed by atoms with van der Waals surface area (Å²) in [7, 11) is 0. The van der Waals surface area contributed by atoms with E-state index in [0.29, 0.717) is 19.0 Å². The van der Waals surface area contributed by atoms with Crippen LogP contribution in [0.15, 0.2) is 24.3 Å². The predicted molar refractivity (Wildman–Crippen MR) is 104 cm³/mol. The van der Waals surface area contributed by atoms with Crippen LogP contribution in [0.3, 0.4) is 0 Å². The third-order valence-electron chi connectivity index (χ3n) is 4.97. The zero-order valence-electron chi connectivity index (χ0n) is 16.8. The van der Waals surface area contributed by atoms with Gasteiger partial charge in [-0.3, -0.25) is 0 Å². The number of hydrogen-bond donors (Lipinski definition) is 0. The second-order valence-electron chi connectivity index (χ2n) is 7.47. The lowest BCUT2D eigenvalue weighted by Gasteiger charge is -2.30. The fourth-order valence-electron chi connectivity index (χ4n) is 3.30. The molecule has 0 aromatic heterocycles. The molecule has 1 aliphatic heterocycles. The highest BCUT2D eigenvalue weighted by molar-refractivity contribution is 5.28. The quantitative estimate of drug-likeness (QED) is 0.368. The molecular formula is C22H33F3O3. The van der Waals surface area contributed by atoms with Crippen LogP contribution in [0.1, 0.15) is 76.4 Å². The van der Waals surface area contributed by atoms with Crippen molar-refractivity contribution in [3.8, 4) is 5.75 Å². The van der Waals surface area contributed by atoms with Gasteiger partial charge >= 0.3 is 6.18 Å². The van der Waals surface area contributed by atoms with Crippen LogP contribution in [0, 0.1) is 0 Å². The summed E-state index contributed by atoms with van der Waals surface area (Å²) in [4.78, 5) is 0. The second-order valence-corrected chi connectivity index (χ2v) is 7.47. The van der Waals surface area contributed by atoms with Crippen molar-refractivity contribution >= 4 is 0 Å². The lowest BCUT2D eigenvalue weighted by molar-refractivity contribution is -0.137. The molecule has 2 rings (SSSR count). The summed E-state index contributed by atoms with van der Waals surface area (Å²) in [5.74, 6) is 0.573. The van der Waals surface area contributed by atoms with Crippen molar-refractivity contribution in [2.75, 3.05) is 19.8 Å². The molecule has 1 aromatic carbocycles. The Labute approximate surface area is 166 Å². The van der Waals surface area contributed by atoms with Gasteiger partial charge in [-0.1, -0.05) is 57.6 Å². The molecule has 28 heavy (non-hydrogen) atoms. The first-order chi connectivity index (χ1) is 13.5. The van der Waals surface area contributed by atoms with Gasteiger partial charge in [0.15, 0.2) is 0 Å². The van der Waals surface area contributed by atoms with Gasteiger partial charge in [0.25, 0.3) is 0 Å². The van der Waals surface area contributed by atoms with Gasteiger partial charge < -0.3 is 14.2 Å². The molecule has 1 aliphatic rings. The number of hydrogen-bond acceptors (Lipinski definition) is 3. The minimum absolute atomic E-state index is 0.0369. The van der Waals surface area contributed by atoms with Crippen LogP contribution >= 0.6 is 0 Å². The SMILES string of the molecule is CCCCCCCC[C@@H]1CO[C@@H](c2ccc(OCCCC(F)(F)F)cc2)CO1. The minimum atomic E-state index is -4.13. The first-order valence-corrected chi connectivity index (χ1v) is 10.5. The van der Waals surface area contributed by atoms with Crippen LogP contribution < -0.4 is 4.74 Å². The molecule has 160 valence electrons. The van der Waals surface area contributed by atoms with Crippen LogP contribution in [-0.4, -0.2) is 32.1 Å². The third-order valence-corrected chi connectivity index (χ3v) is 4.97. The van der Waals surface area contributed by atoms with Crippen molar-refractivity contribution in [2.45, 2.75) is 83.1 Å². The zero-order chi connectivity index (χ0) is 20.2. The second kappa shape index (κ2) is 12.3. The molecule has 6 heteroatoms. The van der Waals surface area contributed by atoms with Crippen molar-refractivity contribution in [3.05, 3.63) is 29.8 Å². The molecule has 0 N–H and O–H groups in total. The number of alkyl halides is 3. The molecule has 0 unspecified atom stereocenters. The minimum Gasteiger partial charge on any atom is -0.494 e. The number of rotatable bonds is 12. The maximum atomic E-state index is 12.1. The van der Waals surface area contributed by atoms with Crippen molar-refractivity contribution in [1.29, 1.82) is 0 Å². The van der Waals surface area contributed by atoms with Gasteiger partial charge in [-0.15, -0.1) is 0 Å². The summed E-state index contributed by atoms with van der Waals surface area (Å²) in [5.41, 5.74) is 1.00. The zero-order valence-corrected chi connectivity index (χ0v) is 16.8. The molecule has 1 fully saturated rings. The molecule has 2 atom stereocenters. The molecule has 0 spiro atoms. The Bertz CT molecular complexity index is 523. The first kappa shape index (κ1) is 23.0. The summed E-state index contributed by atoms with van der Waals surface area (Å²) in [6.07, 6.45) is 3.80. The highest BCUT2D eigenvalue weighted by Gasteiger charge is 2.26. The Kier molecular flexibility index (Phi) is 10.1. The summed E-state index contributed by atoms with van der Waals surface area (Å²) in [6.45, 7) is 3.42. The molecule has 0 radical (unpaired) electrons. The van der Waals surface area contributed by atoms with E-state index in [4.69, 9.17) is 14.2 Å². The molecule has 0 aliphatic carbocycles. The lowest BCUT2D eigenvalue weighted by atomic mass is 10.1. The molecule has 0 amide bonds. The number of ether oxygens (including phenoxy) is 3. The topological polar surface area (TPSA) is 27.7 Å². The van der Waals surface area contributed by atoms with Gasteiger partial charge in [0.1, 0.15) is 11.9 Å². The van der Waals surface area contributed by atoms with Crippen LogP contribution in [0.25, 0.3) is 0 Å². The van der Waals surface area contributed by atoms with Gasteiger partial charge in [-0.25, -0.2) is 0 Å². The van der Waals surface area contributed by atoms with Gasteiger partial charge in [0.2, 0.25) is 0 Å². The Hall–Kier alpha value is -1.27. The Morgan fingerprint density at radius 2 is 1.64 bits per heavy atom. The maximum absolute atomic E-state index is 12.1. The van der Waals surface area contributed by atoms with Gasteiger partial charge in [-0.05, 0) is 30.5 Å². The monoisotopic (exact) mass is 402 g/mol. The van der Waals surface area contributed by atoms with E-state index in [1.807, 2.05) is 12.1 Å². The van der Waals surface area contributed by atoms with Crippen molar-refractivity contribution in [3.63, 3.8) is 0 Å². The van der Waals surface area contributed by atoms with E-state index in [-0.39, 0.29) is 25.2 Å². The summed E-state index contributed by atoms with van der Waals surface area (Å²) in [6, 6.07) is 7.33. The maximum Gasteiger partial charge on any atom is 0.389 e. The van der Waals surface area contributed by atoms with Gasteiger partial charge in [0, 0.05) is 6.42 Å². The molecule has 1 heterocycles. The molecule has 1 saturated heterocycles. The largest absolute Gasteiger partial charge is 0.494 e. The van der Waals surface area contributed by atoms with Crippen molar-refractivity contribution in [1.82, 2.24) is 0 Å². The van der Waals surface area contributed by atoms with Crippen molar-refractivity contribution < 1.29 is 27.4 Å². The standard InChI is InChI=1S/C22H33F3O3/c1-2-3-4-5-6-7-9-20-16-28-21(17-27-20)18-10-12-19(13-11-18)26-15-8-14-22(23,24)25/h10-13,20-21H,2-9,14-17H2,1H3/t20-,21-/m1/s1. The van der Waals surface area contributed by atoms with Crippen LogP contribution in [-0.2, 0) is 9.47 Å². The molecular weight excluding hydrogens is 369 g/mol. The van der Waals surface area contributed by atoms with Crippen LogP contribution in [0.2, 0.25) is 0 Å². The molecule has 3 nitrogen and oxygen atoms in total. The van der Waals surface area contributed by atoms with E-state index in [9.17, 15) is 13.2 Å². The highest BCUT2D eigenvalue weighted by atomic mass is 19.4. The number of unbranched alkanes of at least 4 members (excludes halogenated alkanes) is 5. The normalized spacial score (nSPS) is 20.3. The summed E-state index contributed by atoms with van der Waals surface area (Å²) < 4.78 is 53.6. The molecule has 0 saturated carbocycles.